The second-order valence-corrected chi connectivity index (χ2v) is 5.12. The van der Waals surface area contributed by atoms with Gasteiger partial charge in [-0.05, 0) is 44.8 Å². The number of hydrogen-bond donors (Lipinski definition) is 1. The maximum atomic E-state index is 9.88. The molecule has 0 amide bonds. The van der Waals surface area contributed by atoms with Crippen LogP contribution in [0.1, 0.15) is 44.7 Å². The Bertz CT molecular complexity index is 356. The number of aromatic hydroxyl groups is 1. The third kappa shape index (κ3) is 2.81. The Hall–Kier alpha value is -1.02. The Labute approximate surface area is 104 Å². The van der Waals surface area contributed by atoms with Crippen LogP contribution in [-0.4, -0.2) is 23.1 Å². The molecule has 0 aromatic heterocycles. The van der Waals surface area contributed by atoms with E-state index in [0.717, 1.165) is 24.6 Å². The van der Waals surface area contributed by atoms with Gasteiger partial charge in [0.05, 0.1) is 0 Å². The monoisotopic (exact) mass is 233 g/mol. The lowest BCUT2D eigenvalue weighted by Gasteiger charge is -2.36. The number of phenolic OH excluding ortho intramolecular Hbond substituents is 1. The van der Waals surface area contributed by atoms with Crippen LogP contribution in [0.25, 0.3) is 0 Å². The lowest BCUT2D eigenvalue weighted by Crippen LogP contribution is -2.35. The lowest BCUT2D eigenvalue weighted by molar-refractivity contribution is 0.138. The van der Waals surface area contributed by atoms with Crippen molar-refractivity contribution in [3.63, 3.8) is 0 Å². The third-order valence-corrected chi connectivity index (χ3v) is 4.16. The second-order valence-electron chi connectivity index (χ2n) is 5.12. The summed E-state index contributed by atoms with van der Waals surface area (Å²) in [5, 5.41) is 9.88. The predicted molar refractivity (Wildman–Crippen MR) is 71.1 cm³/mol. The fourth-order valence-corrected chi connectivity index (χ4v) is 2.79. The molecule has 1 saturated heterocycles. The number of para-hydroxylation sites is 1. The topological polar surface area (TPSA) is 23.5 Å². The van der Waals surface area contributed by atoms with Crippen molar-refractivity contribution in [3.8, 4) is 5.75 Å². The molecule has 1 aliphatic heterocycles. The van der Waals surface area contributed by atoms with E-state index in [9.17, 15) is 5.11 Å². The van der Waals surface area contributed by atoms with E-state index in [0.29, 0.717) is 11.8 Å². The SMILES string of the molecule is CCC1CCN(C(C)c2ccccc2O)CC1. The maximum absolute atomic E-state index is 9.88. The van der Waals surface area contributed by atoms with Crippen molar-refractivity contribution in [1.29, 1.82) is 0 Å². The van der Waals surface area contributed by atoms with Crippen LogP contribution >= 0.6 is 0 Å². The van der Waals surface area contributed by atoms with Crippen molar-refractivity contribution >= 4 is 0 Å². The molecular formula is C15H23NO. The summed E-state index contributed by atoms with van der Waals surface area (Å²) in [6.45, 7) is 6.80. The fraction of sp³-hybridized carbons (Fsp3) is 0.600. The molecule has 17 heavy (non-hydrogen) atoms. The van der Waals surface area contributed by atoms with Crippen molar-refractivity contribution < 1.29 is 5.11 Å². The zero-order valence-electron chi connectivity index (χ0n) is 10.9. The molecule has 0 saturated carbocycles. The molecule has 1 fully saturated rings. The number of piperidine rings is 1. The Morgan fingerprint density at radius 1 is 1.29 bits per heavy atom. The second kappa shape index (κ2) is 5.54. The van der Waals surface area contributed by atoms with Gasteiger partial charge in [0.15, 0.2) is 0 Å². The van der Waals surface area contributed by atoms with Gasteiger partial charge in [0, 0.05) is 11.6 Å². The molecule has 1 unspecified atom stereocenters. The normalized spacial score (nSPS) is 20.4. The average Bonchev–Trinajstić information content (AvgIpc) is 2.39. The summed E-state index contributed by atoms with van der Waals surface area (Å²) in [5.74, 6) is 1.33. The van der Waals surface area contributed by atoms with Crippen LogP contribution in [0.15, 0.2) is 24.3 Å². The van der Waals surface area contributed by atoms with E-state index in [-0.39, 0.29) is 0 Å². The molecule has 1 aromatic carbocycles. The molecule has 1 N–H and O–H groups in total. The molecule has 0 radical (unpaired) electrons. The highest BCUT2D eigenvalue weighted by Crippen LogP contribution is 2.31. The van der Waals surface area contributed by atoms with E-state index in [2.05, 4.69) is 18.7 Å². The largest absolute Gasteiger partial charge is 0.508 e. The standard InChI is InChI=1S/C15H23NO/c1-3-13-8-10-16(11-9-13)12(2)14-6-4-5-7-15(14)17/h4-7,12-13,17H,3,8-11H2,1-2H3. The summed E-state index contributed by atoms with van der Waals surface area (Å²) in [6.07, 6.45) is 3.90. The Morgan fingerprint density at radius 3 is 2.53 bits per heavy atom. The summed E-state index contributed by atoms with van der Waals surface area (Å²) in [5.41, 5.74) is 1.06. The van der Waals surface area contributed by atoms with E-state index < -0.39 is 0 Å². The Balaban J connectivity index is 2.02. The van der Waals surface area contributed by atoms with Crippen LogP contribution in [0.3, 0.4) is 0 Å². The highest BCUT2D eigenvalue weighted by atomic mass is 16.3. The van der Waals surface area contributed by atoms with Crippen LogP contribution < -0.4 is 0 Å². The van der Waals surface area contributed by atoms with Crippen LogP contribution in [0.4, 0.5) is 0 Å². The highest BCUT2D eigenvalue weighted by Gasteiger charge is 2.23. The molecule has 0 bridgehead atoms. The molecule has 2 rings (SSSR count). The number of hydrogen-bond acceptors (Lipinski definition) is 2. The van der Waals surface area contributed by atoms with Crippen LogP contribution in [-0.2, 0) is 0 Å². The van der Waals surface area contributed by atoms with Crippen molar-refractivity contribution in [1.82, 2.24) is 4.90 Å². The summed E-state index contributed by atoms with van der Waals surface area (Å²) < 4.78 is 0. The number of nitrogens with zero attached hydrogens (tertiary/aromatic N) is 1. The van der Waals surface area contributed by atoms with E-state index in [1.807, 2.05) is 18.2 Å². The molecule has 1 atom stereocenters. The maximum Gasteiger partial charge on any atom is 0.120 e. The minimum atomic E-state index is 0.328. The highest BCUT2D eigenvalue weighted by molar-refractivity contribution is 5.34. The van der Waals surface area contributed by atoms with Crippen molar-refractivity contribution in [3.05, 3.63) is 29.8 Å². The van der Waals surface area contributed by atoms with Gasteiger partial charge in [0.1, 0.15) is 5.75 Å². The first-order valence-electron chi connectivity index (χ1n) is 6.74. The van der Waals surface area contributed by atoms with Gasteiger partial charge in [0.2, 0.25) is 0 Å². The minimum Gasteiger partial charge on any atom is -0.508 e. The molecule has 94 valence electrons. The van der Waals surface area contributed by atoms with Crippen LogP contribution in [0.2, 0.25) is 0 Å². The molecular weight excluding hydrogens is 210 g/mol. The van der Waals surface area contributed by atoms with E-state index in [1.54, 1.807) is 6.07 Å². The Morgan fingerprint density at radius 2 is 1.94 bits per heavy atom. The van der Waals surface area contributed by atoms with Gasteiger partial charge in [-0.25, -0.2) is 0 Å². The van der Waals surface area contributed by atoms with Gasteiger partial charge in [-0.2, -0.15) is 0 Å². The summed E-state index contributed by atoms with van der Waals surface area (Å²) in [6, 6.07) is 8.03. The summed E-state index contributed by atoms with van der Waals surface area (Å²) >= 11 is 0. The number of benzene rings is 1. The summed E-state index contributed by atoms with van der Waals surface area (Å²) in [7, 11) is 0. The van der Waals surface area contributed by atoms with Crippen molar-refractivity contribution in [2.45, 2.75) is 39.2 Å². The van der Waals surface area contributed by atoms with Gasteiger partial charge < -0.3 is 5.11 Å². The van der Waals surface area contributed by atoms with Crippen LogP contribution in [0, 0.1) is 5.92 Å². The molecule has 1 aromatic rings. The first-order chi connectivity index (χ1) is 8.22. The zero-order valence-corrected chi connectivity index (χ0v) is 10.9. The van der Waals surface area contributed by atoms with Gasteiger partial charge in [0.25, 0.3) is 0 Å². The number of phenols is 1. The van der Waals surface area contributed by atoms with Gasteiger partial charge in [-0.15, -0.1) is 0 Å². The average molecular weight is 233 g/mol. The van der Waals surface area contributed by atoms with E-state index in [1.165, 1.54) is 19.3 Å². The molecule has 0 spiro atoms. The van der Waals surface area contributed by atoms with Gasteiger partial charge in [-0.3, -0.25) is 4.90 Å². The first-order valence-corrected chi connectivity index (χ1v) is 6.74. The fourth-order valence-electron chi connectivity index (χ4n) is 2.79. The van der Waals surface area contributed by atoms with E-state index >= 15 is 0 Å². The van der Waals surface area contributed by atoms with E-state index in [4.69, 9.17) is 0 Å². The predicted octanol–water partition coefficient (Wildman–Crippen LogP) is 3.58. The lowest BCUT2D eigenvalue weighted by atomic mass is 9.92. The molecule has 2 heteroatoms. The quantitative estimate of drug-likeness (QED) is 0.862. The number of likely N-dealkylation sites (tertiary alicyclic amines) is 1. The number of rotatable bonds is 3. The molecule has 2 nitrogen and oxygen atoms in total. The third-order valence-electron chi connectivity index (χ3n) is 4.16. The Kier molecular flexibility index (Phi) is 4.06. The van der Waals surface area contributed by atoms with Crippen molar-refractivity contribution in [2.24, 2.45) is 5.92 Å². The molecule has 1 aliphatic rings. The van der Waals surface area contributed by atoms with Crippen molar-refractivity contribution in [2.75, 3.05) is 13.1 Å². The molecule has 1 heterocycles. The summed E-state index contributed by atoms with van der Waals surface area (Å²) in [4.78, 5) is 2.49. The minimum absolute atomic E-state index is 0.328. The van der Waals surface area contributed by atoms with Gasteiger partial charge in [-0.1, -0.05) is 31.5 Å². The first kappa shape index (κ1) is 12.4. The molecule has 0 aliphatic carbocycles. The van der Waals surface area contributed by atoms with Crippen LogP contribution in [0.5, 0.6) is 5.75 Å². The zero-order chi connectivity index (χ0) is 12.3. The smallest absolute Gasteiger partial charge is 0.120 e. The van der Waals surface area contributed by atoms with Gasteiger partial charge >= 0.3 is 0 Å².